The van der Waals surface area contributed by atoms with Crippen molar-refractivity contribution in [3.8, 4) is 0 Å². The van der Waals surface area contributed by atoms with E-state index in [0.29, 0.717) is 17.9 Å². The molecule has 2 heterocycles. The summed E-state index contributed by atoms with van der Waals surface area (Å²) in [6, 6.07) is 1.84. The van der Waals surface area contributed by atoms with Gasteiger partial charge in [-0.2, -0.15) is 0 Å². The van der Waals surface area contributed by atoms with E-state index in [2.05, 4.69) is 10.2 Å². The van der Waals surface area contributed by atoms with E-state index in [-0.39, 0.29) is 36.8 Å². The number of furan rings is 1. The van der Waals surface area contributed by atoms with Crippen LogP contribution in [-0.4, -0.2) is 36.5 Å². The van der Waals surface area contributed by atoms with Gasteiger partial charge in [0.1, 0.15) is 12.0 Å². The highest BCUT2D eigenvalue weighted by Gasteiger charge is 2.16. The molecule has 0 spiro atoms. The van der Waals surface area contributed by atoms with Crippen LogP contribution in [0.4, 0.5) is 0 Å². The lowest BCUT2D eigenvalue weighted by molar-refractivity contribution is 0.0925. The first-order valence-electron chi connectivity index (χ1n) is 6.99. The Balaban J connectivity index is 0.00000200. The van der Waals surface area contributed by atoms with Crippen molar-refractivity contribution in [3.05, 3.63) is 23.7 Å². The molecule has 7 heteroatoms. The summed E-state index contributed by atoms with van der Waals surface area (Å²) in [7, 11) is 0. The van der Waals surface area contributed by atoms with E-state index in [4.69, 9.17) is 10.2 Å². The number of halogens is 2. The fourth-order valence-electron chi connectivity index (χ4n) is 2.49. The molecule has 1 atom stereocenters. The molecule has 1 amide bonds. The number of rotatable bonds is 5. The maximum absolute atomic E-state index is 12.0. The molecule has 0 aromatic carbocycles. The quantitative estimate of drug-likeness (QED) is 0.863. The van der Waals surface area contributed by atoms with Crippen LogP contribution in [0.2, 0.25) is 0 Å². The van der Waals surface area contributed by atoms with Crippen molar-refractivity contribution in [1.82, 2.24) is 10.2 Å². The minimum atomic E-state index is -0.0899. The molecule has 122 valence electrons. The van der Waals surface area contributed by atoms with Gasteiger partial charge < -0.3 is 20.4 Å². The zero-order valence-corrected chi connectivity index (χ0v) is 14.0. The van der Waals surface area contributed by atoms with Gasteiger partial charge in [-0.3, -0.25) is 4.79 Å². The predicted octanol–water partition coefficient (Wildman–Crippen LogP) is 2.19. The molecule has 1 fully saturated rings. The van der Waals surface area contributed by atoms with Gasteiger partial charge in [0.25, 0.3) is 5.91 Å². The second-order valence-corrected chi connectivity index (χ2v) is 5.24. The average molecular weight is 338 g/mol. The Hall–Kier alpha value is -0.750. The van der Waals surface area contributed by atoms with Crippen LogP contribution in [0.1, 0.15) is 42.3 Å². The molecule has 2 rings (SSSR count). The summed E-state index contributed by atoms with van der Waals surface area (Å²) in [6.07, 6.45) is 5.32. The SMILES string of the molecule is CC(CN1CCCCC1)NC(=O)c1coc(CN)c1.Cl.Cl. The van der Waals surface area contributed by atoms with Crippen molar-refractivity contribution >= 4 is 30.7 Å². The van der Waals surface area contributed by atoms with E-state index < -0.39 is 0 Å². The van der Waals surface area contributed by atoms with Crippen LogP contribution in [0, 0.1) is 0 Å². The van der Waals surface area contributed by atoms with Gasteiger partial charge in [0.15, 0.2) is 0 Å². The van der Waals surface area contributed by atoms with Crippen LogP contribution in [0.25, 0.3) is 0 Å². The maximum Gasteiger partial charge on any atom is 0.254 e. The minimum Gasteiger partial charge on any atom is -0.467 e. The molecule has 0 aliphatic carbocycles. The van der Waals surface area contributed by atoms with Crippen LogP contribution in [0.15, 0.2) is 16.7 Å². The number of nitrogens with zero attached hydrogens (tertiary/aromatic N) is 1. The second kappa shape index (κ2) is 10.1. The second-order valence-electron chi connectivity index (χ2n) is 5.24. The normalized spacial score (nSPS) is 16.5. The molecule has 1 aromatic rings. The summed E-state index contributed by atoms with van der Waals surface area (Å²) < 4.78 is 5.17. The van der Waals surface area contributed by atoms with Crippen molar-refractivity contribution in [2.75, 3.05) is 19.6 Å². The Labute approximate surface area is 138 Å². The number of hydrogen-bond acceptors (Lipinski definition) is 4. The van der Waals surface area contributed by atoms with E-state index >= 15 is 0 Å². The summed E-state index contributed by atoms with van der Waals surface area (Å²) in [4.78, 5) is 14.4. The molecule has 1 aliphatic rings. The monoisotopic (exact) mass is 337 g/mol. The molecule has 0 saturated carbocycles. The third-order valence-electron chi connectivity index (χ3n) is 3.48. The van der Waals surface area contributed by atoms with Crippen molar-refractivity contribution in [3.63, 3.8) is 0 Å². The van der Waals surface area contributed by atoms with Gasteiger partial charge in [0.05, 0.1) is 12.1 Å². The minimum absolute atomic E-state index is 0. The third kappa shape index (κ3) is 6.26. The highest BCUT2D eigenvalue weighted by molar-refractivity contribution is 5.94. The fraction of sp³-hybridized carbons (Fsp3) is 0.643. The number of nitrogens with two attached hydrogens (primary N) is 1. The molecular formula is C14H25Cl2N3O2. The zero-order valence-electron chi connectivity index (χ0n) is 12.3. The fourth-order valence-corrected chi connectivity index (χ4v) is 2.49. The molecule has 0 radical (unpaired) electrons. The van der Waals surface area contributed by atoms with Gasteiger partial charge >= 0.3 is 0 Å². The molecule has 1 unspecified atom stereocenters. The number of carbonyl (C=O) groups excluding carboxylic acids is 1. The molecule has 1 aliphatic heterocycles. The number of carbonyl (C=O) groups is 1. The van der Waals surface area contributed by atoms with Crippen molar-refractivity contribution in [2.45, 2.75) is 38.8 Å². The van der Waals surface area contributed by atoms with E-state index in [9.17, 15) is 4.79 Å². The van der Waals surface area contributed by atoms with E-state index in [0.717, 1.165) is 19.6 Å². The first kappa shape index (κ1) is 20.2. The molecular weight excluding hydrogens is 313 g/mol. The van der Waals surface area contributed by atoms with Gasteiger partial charge in [-0.1, -0.05) is 6.42 Å². The van der Waals surface area contributed by atoms with Crippen molar-refractivity contribution < 1.29 is 9.21 Å². The molecule has 21 heavy (non-hydrogen) atoms. The average Bonchev–Trinajstić information content (AvgIpc) is 2.88. The summed E-state index contributed by atoms with van der Waals surface area (Å²) in [5.74, 6) is 0.543. The Morgan fingerprint density at radius 3 is 2.62 bits per heavy atom. The standard InChI is InChI=1S/C14H23N3O2.2ClH/c1-11(9-17-5-3-2-4-6-17)16-14(18)12-7-13(8-15)19-10-12;;/h7,10-11H,2-6,8-9,15H2,1H3,(H,16,18);2*1H. The van der Waals surface area contributed by atoms with Crippen molar-refractivity contribution in [1.29, 1.82) is 0 Å². The van der Waals surface area contributed by atoms with Crippen LogP contribution >= 0.6 is 24.8 Å². The van der Waals surface area contributed by atoms with Crippen LogP contribution in [-0.2, 0) is 6.54 Å². The zero-order chi connectivity index (χ0) is 13.7. The van der Waals surface area contributed by atoms with Gasteiger partial charge in [0.2, 0.25) is 0 Å². The molecule has 3 N–H and O–H groups in total. The summed E-state index contributed by atoms with van der Waals surface area (Å²) in [5, 5.41) is 3.00. The smallest absolute Gasteiger partial charge is 0.254 e. The van der Waals surface area contributed by atoms with Gasteiger partial charge in [-0.25, -0.2) is 0 Å². The highest BCUT2D eigenvalue weighted by Crippen LogP contribution is 2.10. The Kier molecular flexibility index (Phi) is 9.70. The van der Waals surface area contributed by atoms with E-state index in [1.165, 1.54) is 25.5 Å². The summed E-state index contributed by atoms with van der Waals surface area (Å²) in [6.45, 7) is 5.55. The van der Waals surface area contributed by atoms with Crippen LogP contribution in [0.3, 0.4) is 0 Å². The van der Waals surface area contributed by atoms with Crippen molar-refractivity contribution in [2.24, 2.45) is 5.73 Å². The summed E-state index contributed by atoms with van der Waals surface area (Å²) >= 11 is 0. The maximum atomic E-state index is 12.0. The van der Waals surface area contributed by atoms with E-state index in [1.54, 1.807) is 6.07 Å². The van der Waals surface area contributed by atoms with Gasteiger partial charge in [-0.05, 0) is 38.9 Å². The number of piperidine rings is 1. The molecule has 5 nitrogen and oxygen atoms in total. The predicted molar refractivity (Wildman–Crippen MR) is 88.3 cm³/mol. The van der Waals surface area contributed by atoms with Gasteiger partial charge in [0, 0.05) is 12.6 Å². The lowest BCUT2D eigenvalue weighted by atomic mass is 10.1. The lowest BCUT2D eigenvalue weighted by Crippen LogP contribution is -2.43. The van der Waals surface area contributed by atoms with Gasteiger partial charge in [-0.15, -0.1) is 24.8 Å². The molecule has 1 aromatic heterocycles. The Morgan fingerprint density at radius 2 is 2.05 bits per heavy atom. The largest absolute Gasteiger partial charge is 0.467 e. The first-order valence-corrected chi connectivity index (χ1v) is 6.99. The first-order chi connectivity index (χ1) is 9.19. The Bertz CT molecular complexity index is 420. The van der Waals surface area contributed by atoms with E-state index in [1.807, 2.05) is 6.92 Å². The Morgan fingerprint density at radius 1 is 1.38 bits per heavy atom. The number of hydrogen-bond donors (Lipinski definition) is 2. The number of nitrogens with one attached hydrogen (secondary N) is 1. The summed E-state index contributed by atoms with van der Waals surface area (Å²) in [5.41, 5.74) is 6.00. The number of amides is 1. The molecule has 0 bridgehead atoms. The lowest BCUT2D eigenvalue weighted by Gasteiger charge is -2.29. The number of likely N-dealkylation sites (tertiary alicyclic amines) is 1. The molecule has 1 saturated heterocycles. The third-order valence-corrected chi connectivity index (χ3v) is 3.48. The van der Waals surface area contributed by atoms with Crippen LogP contribution < -0.4 is 11.1 Å². The topological polar surface area (TPSA) is 71.5 Å². The van der Waals surface area contributed by atoms with Crippen LogP contribution in [0.5, 0.6) is 0 Å². The highest BCUT2D eigenvalue weighted by atomic mass is 35.5.